The summed E-state index contributed by atoms with van der Waals surface area (Å²) in [5, 5.41) is 9.83. The number of rotatable bonds is 13. The van der Waals surface area contributed by atoms with E-state index in [2.05, 4.69) is 48.5 Å². The summed E-state index contributed by atoms with van der Waals surface area (Å²) in [6, 6.07) is 8.29. The van der Waals surface area contributed by atoms with E-state index in [0.29, 0.717) is 24.9 Å². The number of guanidine groups is 1. The first-order chi connectivity index (χ1) is 14.4. The lowest BCUT2D eigenvalue weighted by Crippen LogP contribution is -2.42. The van der Waals surface area contributed by atoms with Crippen LogP contribution in [0, 0.1) is 5.92 Å². The third-order valence-electron chi connectivity index (χ3n) is 4.96. The molecule has 1 aromatic rings. The molecule has 0 aliphatic rings. The number of halogens is 1. The Labute approximate surface area is 207 Å². The molecule has 1 unspecified atom stereocenters. The fourth-order valence-corrected chi connectivity index (χ4v) is 3.29. The second-order valence-corrected chi connectivity index (χ2v) is 8.26. The van der Waals surface area contributed by atoms with Gasteiger partial charge in [0.05, 0.1) is 6.54 Å². The summed E-state index contributed by atoms with van der Waals surface area (Å²) in [5.41, 5.74) is 1.90. The maximum atomic E-state index is 12.0. The lowest BCUT2D eigenvalue weighted by molar-refractivity contribution is -0.116. The van der Waals surface area contributed by atoms with Gasteiger partial charge in [-0.1, -0.05) is 39.8 Å². The summed E-state index contributed by atoms with van der Waals surface area (Å²) in [6.07, 6.45) is 2.81. The average Bonchev–Trinajstić information content (AvgIpc) is 2.69. The van der Waals surface area contributed by atoms with Crippen LogP contribution in [0.1, 0.15) is 66.4 Å². The van der Waals surface area contributed by atoms with Gasteiger partial charge in [0.2, 0.25) is 5.91 Å². The predicted molar refractivity (Wildman–Crippen MR) is 144 cm³/mol. The van der Waals surface area contributed by atoms with E-state index in [1.54, 1.807) is 0 Å². The largest absolute Gasteiger partial charge is 0.357 e. The van der Waals surface area contributed by atoms with Crippen molar-refractivity contribution in [3.63, 3.8) is 0 Å². The number of hydrogen-bond acceptors (Lipinski definition) is 3. The van der Waals surface area contributed by atoms with Gasteiger partial charge in [0.1, 0.15) is 0 Å². The van der Waals surface area contributed by atoms with Gasteiger partial charge >= 0.3 is 0 Å². The van der Waals surface area contributed by atoms with E-state index in [1.807, 2.05) is 38.1 Å². The standard InChI is InChI=1S/C24H43N5O.HI/c1-7-25-24(27-20(6)12-11-15-29(8-2)9-3)26-18-21-13-10-14-22(17-21)28-23(30)16-19(4)5;/h10,13-14,17,19-20H,7-9,11-12,15-16,18H2,1-6H3,(H,28,30)(H2,25,26,27);1H. The summed E-state index contributed by atoms with van der Waals surface area (Å²) in [6.45, 7) is 17.6. The number of hydrogen-bond donors (Lipinski definition) is 3. The highest BCUT2D eigenvalue weighted by Crippen LogP contribution is 2.13. The number of nitrogens with zero attached hydrogens (tertiary/aromatic N) is 2. The zero-order valence-corrected chi connectivity index (χ0v) is 22.7. The molecule has 0 radical (unpaired) electrons. The van der Waals surface area contributed by atoms with E-state index in [1.165, 1.54) is 6.42 Å². The Hall–Kier alpha value is -1.35. The van der Waals surface area contributed by atoms with Gasteiger partial charge in [0.15, 0.2) is 5.96 Å². The van der Waals surface area contributed by atoms with Crippen molar-refractivity contribution < 1.29 is 4.79 Å². The Balaban J connectivity index is 0.00000900. The summed E-state index contributed by atoms with van der Waals surface area (Å²) in [5.74, 6) is 1.24. The van der Waals surface area contributed by atoms with Crippen molar-refractivity contribution in [1.29, 1.82) is 0 Å². The highest BCUT2D eigenvalue weighted by Gasteiger charge is 2.08. The molecule has 1 amide bonds. The first-order valence-corrected chi connectivity index (χ1v) is 11.5. The minimum absolute atomic E-state index is 0. The summed E-state index contributed by atoms with van der Waals surface area (Å²) < 4.78 is 0. The van der Waals surface area contributed by atoms with E-state index in [4.69, 9.17) is 4.99 Å². The van der Waals surface area contributed by atoms with Crippen molar-refractivity contribution in [1.82, 2.24) is 15.5 Å². The molecule has 0 aliphatic carbocycles. The van der Waals surface area contributed by atoms with Gasteiger partial charge in [-0.2, -0.15) is 0 Å². The van der Waals surface area contributed by atoms with Crippen LogP contribution in [0.15, 0.2) is 29.3 Å². The van der Waals surface area contributed by atoms with Crippen LogP contribution in [0.5, 0.6) is 0 Å². The lowest BCUT2D eigenvalue weighted by Gasteiger charge is -2.21. The molecule has 31 heavy (non-hydrogen) atoms. The molecule has 0 saturated carbocycles. The number of nitrogens with one attached hydrogen (secondary N) is 3. The highest BCUT2D eigenvalue weighted by atomic mass is 127. The maximum absolute atomic E-state index is 12.0. The Morgan fingerprint density at radius 3 is 2.45 bits per heavy atom. The first-order valence-electron chi connectivity index (χ1n) is 11.5. The molecule has 3 N–H and O–H groups in total. The van der Waals surface area contributed by atoms with E-state index in [0.717, 1.165) is 49.8 Å². The fraction of sp³-hybridized carbons (Fsp3) is 0.667. The Morgan fingerprint density at radius 2 is 1.84 bits per heavy atom. The van der Waals surface area contributed by atoms with Gasteiger partial charge in [-0.15, -0.1) is 24.0 Å². The van der Waals surface area contributed by atoms with E-state index < -0.39 is 0 Å². The van der Waals surface area contributed by atoms with Crippen molar-refractivity contribution >= 4 is 41.5 Å². The van der Waals surface area contributed by atoms with Crippen LogP contribution >= 0.6 is 24.0 Å². The summed E-state index contributed by atoms with van der Waals surface area (Å²) in [7, 11) is 0. The van der Waals surface area contributed by atoms with Crippen molar-refractivity contribution in [2.45, 2.75) is 73.4 Å². The molecule has 0 spiro atoms. The van der Waals surface area contributed by atoms with Gasteiger partial charge in [-0.3, -0.25) is 4.79 Å². The minimum Gasteiger partial charge on any atom is -0.357 e. The molecule has 1 atom stereocenters. The van der Waals surface area contributed by atoms with Gasteiger partial charge in [-0.05, 0) is 69.9 Å². The number of carbonyl (C=O) groups is 1. The molecule has 7 heteroatoms. The summed E-state index contributed by atoms with van der Waals surface area (Å²) >= 11 is 0. The average molecular weight is 546 g/mol. The zero-order valence-electron chi connectivity index (χ0n) is 20.3. The SMILES string of the molecule is CCNC(=NCc1cccc(NC(=O)CC(C)C)c1)NC(C)CCCN(CC)CC.I. The van der Waals surface area contributed by atoms with Crippen LogP contribution in [0.25, 0.3) is 0 Å². The molecule has 1 rings (SSSR count). The predicted octanol–water partition coefficient (Wildman–Crippen LogP) is 4.85. The van der Waals surface area contributed by atoms with Gasteiger partial charge in [-0.25, -0.2) is 4.99 Å². The van der Waals surface area contributed by atoms with Crippen LogP contribution in [0.4, 0.5) is 5.69 Å². The number of amides is 1. The lowest BCUT2D eigenvalue weighted by atomic mass is 10.1. The first kappa shape index (κ1) is 29.7. The van der Waals surface area contributed by atoms with Crippen LogP contribution in [0.3, 0.4) is 0 Å². The fourth-order valence-electron chi connectivity index (χ4n) is 3.29. The van der Waals surface area contributed by atoms with Crippen molar-refractivity contribution in [3.8, 4) is 0 Å². The number of carbonyl (C=O) groups excluding carboxylic acids is 1. The quantitative estimate of drug-likeness (QED) is 0.188. The Bertz CT molecular complexity index is 647. The molecule has 0 aromatic heterocycles. The van der Waals surface area contributed by atoms with Gasteiger partial charge in [0.25, 0.3) is 0 Å². The Morgan fingerprint density at radius 1 is 1.13 bits per heavy atom. The van der Waals surface area contributed by atoms with Crippen LogP contribution < -0.4 is 16.0 Å². The second-order valence-electron chi connectivity index (χ2n) is 8.26. The molecule has 0 fully saturated rings. The third kappa shape index (κ3) is 13.6. The van der Waals surface area contributed by atoms with Crippen LogP contribution in [0.2, 0.25) is 0 Å². The van der Waals surface area contributed by atoms with Gasteiger partial charge in [0, 0.05) is 24.7 Å². The molecular formula is C24H44IN5O. The van der Waals surface area contributed by atoms with E-state index >= 15 is 0 Å². The minimum atomic E-state index is 0. The van der Waals surface area contributed by atoms with E-state index in [9.17, 15) is 4.79 Å². The molecule has 0 heterocycles. The van der Waals surface area contributed by atoms with Gasteiger partial charge < -0.3 is 20.9 Å². The maximum Gasteiger partial charge on any atom is 0.224 e. The molecule has 0 aliphatic heterocycles. The van der Waals surface area contributed by atoms with Crippen molar-refractivity contribution in [3.05, 3.63) is 29.8 Å². The van der Waals surface area contributed by atoms with Crippen molar-refractivity contribution in [2.24, 2.45) is 10.9 Å². The second kappa shape index (κ2) is 17.2. The smallest absolute Gasteiger partial charge is 0.224 e. The topological polar surface area (TPSA) is 68.8 Å². The zero-order chi connectivity index (χ0) is 22.4. The Kier molecular flexibility index (Phi) is 16.5. The third-order valence-corrected chi connectivity index (χ3v) is 4.96. The molecule has 178 valence electrons. The van der Waals surface area contributed by atoms with Crippen LogP contribution in [-0.4, -0.2) is 49.0 Å². The molecular weight excluding hydrogens is 501 g/mol. The molecule has 6 nitrogen and oxygen atoms in total. The summed E-state index contributed by atoms with van der Waals surface area (Å²) in [4.78, 5) is 19.2. The monoisotopic (exact) mass is 545 g/mol. The van der Waals surface area contributed by atoms with E-state index in [-0.39, 0.29) is 29.9 Å². The highest BCUT2D eigenvalue weighted by molar-refractivity contribution is 14.0. The van der Waals surface area contributed by atoms with Crippen LogP contribution in [-0.2, 0) is 11.3 Å². The number of benzene rings is 1. The molecule has 0 bridgehead atoms. The number of anilines is 1. The molecule has 1 aromatic carbocycles. The molecule has 0 saturated heterocycles. The normalized spacial score (nSPS) is 12.5. The van der Waals surface area contributed by atoms with Crippen molar-refractivity contribution in [2.75, 3.05) is 31.5 Å². The number of aliphatic imine (C=N–C) groups is 1.